The average Bonchev–Trinajstić information content (AvgIpc) is 2.85. The fourth-order valence-corrected chi connectivity index (χ4v) is 6.33. The number of benzene rings is 1. The summed E-state index contributed by atoms with van der Waals surface area (Å²) < 4.78 is 11.8. The van der Waals surface area contributed by atoms with Gasteiger partial charge in [0.05, 0.1) is 0 Å². The van der Waals surface area contributed by atoms with E-state index in [0.29, 0.717) is 0 Å². The smallest absolute Gasteiger partial charge is 0.331 e. The molecule has 3 nitrogen and oxygen atoms in total. The van der Waals surface area contributed by atoms with Crippen LogP contribution >= 0.6 is 0 Å². The number of allylic oxidation sites excluding steroid dienone is 2. The van der Waals surface area contributed by atoms with E-state index >= 15 is 0 Å². The van der Waals surface area contributed by atoms with Gasteiger partial charge in [0, 0.05) is 12.2 Å². The lowest BCUT2D eigenvalue weighted by Gasteiger charge is -2.19. The van der Waals surface area contributed by atoms with Crippen LogP contribution < -0.4 is 0 Å². The molecule has 0 spiro atoms. The van der Waals surface area contributed by atoms with E-state index in [1.54, 1.807) is 0 Å². The monoisotopic (exact) mass is 372 g/mol. The van der Waals surface area contributed by atoms with E-state index in [2.05, 4.69) is 44.3 Å². The number of ether oxygens (including phenoxy) is 1. The van der Waals surface area contributed by atoms with E-state index in [1.165, 1.54) is 16.8 Å². The van der Waals surface area contributed by atoms with Crippen molar-refractivity contribution in [3.63, 3.8) is 0 Å². The van der Waals surface area contributed by atoms with Gasteiger partial charge in [0.25, 0.3) is 0 Å². The fourth-order valence-electron chi connectivity index (χ4n) is 3.40. The lowest BCUT2D eigenvalue weighted by Crippen LogP contribution is -2.29. The molecule has 2 rings (SSSR count). The van der Waals surface area contributed by atoms with Crippen LogP contribution in [0.15, 0.2) is 53.3 Å². The second-order valence-corrected chi connectivity index (χ2v) is 12.4. The van der Waals surface area contributed by atoms with Crippen LogP contribution in [0.2, 0.25) is 13.1 Å². The molecule has 0 N–H and O–H groups in total. The van der Waals surface area contributed by atoms with Crippen molar-refractivity contribution in [1.29, 1.82) is 0 Å². The molecule has 26 heavy (non-hydrogen) atoms. The van der Waals surface area contributed by atoms with Crippen LogP contribution in [0, 0.1) is 0 Å². The van der Waals surface area contributed by atoms with Gasteiger partial charge in [-0.3, -0.25) is 0 Å². The Bertz CT molecular complexity index is 681. The highest BCUT2D eigenvalue weighted by molar-refractivity contribution is 6.79. The summed E-state index contributed by atoms with van der Waals surface area (Å²) in [6.07, 6.45) is 6.74. The Morgan fingerprint density at radius 2 is 1.88 bits per heavy atom. The van der Waals surface area contributed by atoms with Crippen LogP contribution in [0.25, 0.3) is 0 Å². The first-order valence-corrected chi connectivity index (χ1v) is 12.3. The van der Waals surface area contributed by atoms with Gasteiger partial charge in [0.1, 0.15) is 5.60 Å². The van der Waals surface area contributed by atoms with Crippen LogP contribution in [-0.4, -0.2) is 26.0 Å². The highest BCUT2D eigenvalue weighted by Crippen LogP contribution is 2.36. The number of rotatable bonds is 5. The maximum absolute atomic E-state index is 11.9. The maximum Gasteiger partial charge on any atom is 0.331 e. The van der Waals surface area contributed by atoms with E-state index < -0.39 is 13.9 Å². The van der Waals surface area contributed by atoms with Gasteiger partial charge in [-0.15, -0.1) is 0 Å². The first-order valence-electron chi connectivity index (χ1n) is 9.40. The first kappa shape index (κ1) is 20.7. The van der Waals surface area contributed by atoms with E-state index in [9.17, 15) is 4.79 Å². The van der Waals surface area contributed by atoms with Gasteiger partial charge in [0.2, 0.25) is 8.32 Å². The molecule has 0 aromatic heterocycles. The van der Waals surface area contributed by atoms with Gasteiger partial charge in [0.15, 0.2) is 0 Å². The molecular weight excluding hydrogens is 340 g/mol. The summed E-state index contributed by atoms with van der Waals surface area (Å²) in [5.74, 6) is -0.295. The van der Waals surface area contributed by atoms with Crippen LogP contribution in [0.4, 0.5) is 0 Å². The zero-order valence-corrected chi connectivity index (χ0v) is 18.0. The van der Waals surface area contributed by atoms with Crippen LogP contribution in [0.1, 0.15) is 46.1 Å². The lowest BCUT2D eigenvalue weighted by molar-refractivity contribution is -0.148. The summed E-state index contributed by atoms with van der Waals surface area (Å²) in [6, 6.07) is 10.6. The van der Waals surface area contributed by atoms with Gasteiger partial charge in [-0.1, -0.05) is 42.0 Å². The second-order valence-electron chi connectivity index (χ2n) is 8.51. The summed E-state index contributed by atoms with van der Waals surface area (Å²) in [5.41, 5.74) is 2.04. The molecule has 0 bridgehead atoms. The molecule has 1 unspecified atom stereocenters. The minimum absolute atomic E-state index is 0.275. The van der Waals surface area contributed by atoms with Crippen molar-refractivity contribution in [3.8, 4) is 0 Å². The average molecular weight is 373 g/mol. The zero-order valence-electron chi connectivity index (χ0n) is 17.0. The Morgan fingerprint density at radius 3 is 2.50 bits per heavy atom. The SMILES string of the molecule is CC(/C=C/C(=O)OC(C)(C)C)=C1/CC(CCc2ccccc2)O[Si]1(C)C. The molecule has 0 aliphatic carbocycles. The quantitative estimate of drug-likeness (QED) is 0.396. The van der Waals surface area contributed by atoms with E-state index in [0.717, 1.165) is 24.8 Å². The van der Waals surface area contributed by atoms with E-state index in [-0.39, 0.29) is 12.1 Å². The topological polar surface area (TPSA) is 35.5 Å². The number of carbonyl (C=O) groups is 1. The van der Waals surface area contributed by atoms with Crippen molar-refractivity contribution in [3.05, 3.63) is 58.8 Å². The van der Waals surface area contributed by atoms with Crippen molar-refractivity contribution in [2.45, 2.75) is 71.8 Å². The summed E-state index contributed by atoms with van der Waals surface area (Å²) in [5, 5.41) is 1.40. The van der Waals surface area contributed by atoms with Gasteiger partial charge < -0.3 is 9.16 Å². The molecule has 1 aromatic rings. The maximum atomic E-state index is 11.9. The lowest BCUT2D eigenvalue weighted by atomic mass is 10.0. The molecule has 0 radical (unpaired) electrons. The number of aryl methyl sites for hydroxylation is 1. The number of esters is 1. The van der Waals surface area contributed by atoms with Gasteiger partial charge >= 0.3 is 5.97 Å². The Balaban J connectivity index is 2.01. The summed E-state index contributed by atoms with van der Waals surface area (Å²) in [4.78, 5) is 11.9. The second kappa shape index (κ2) is 8.36. The van der Waals surface area contributed by atoms with E-state index in [1.807, 2.05) is 32.9 Å². The fraction of sp³-hybridized carbons (Fsp3) is 0.500. The van der Waals surface area contributed by atoms with Gasteiger partial charge in [-0.25, -0.2) is 4.79 Å². The predicted molar refractivity (Wildman–Crippen MR) is 109 cm³/mol. The first-order chi connectivity index (χ1) is 12.1. The molecule has 1 heterocycles. The summed E-state index contributed by atoms with van der Waals surface area (Å²) in [7, 11) is -1.88. The third-order valence-electron chi connectivity index (χ3n) is 4.57. The molecule has 1 aliphatic rings. The highest BCUT2D eigenvalue weighted by atomic mass is 28.4. The Labute approximate surface area is 159 Å². The van der Waals surface area contributed by atoms with Crippen molar-refractivity contribution in [2.24, 2.45) is 0 Å². The summed E-state index contributed by atoms with van der Waals surface area (Å²) >= 11 is 0. The molecular formula is C22H32O3Si. The molecule has 0 amide bonds. The van der Waals surface area contributed by atoms with Crippen molar-refractivity contribution in [2.75, 3.05) is 0 Å². The molecule has 1 aromatic carbocycles. The minimum atomic E-state index is -1.88. The molecule has 1 saturated heterocycles. The van der Waals surface area contributed by atoms with Crippen LogP contribution in [0.3, 0.4) is 0 Å². The molecule has 4 heteroatoms. The van der Waals surface area contributed by atoms with Crippen molar-refractivity contribution in [1.82, 2.24) is 0 Å². The van der Waals surface area contributed by atoms with E-state index in [4.69, 9.17) is 9.16 Å². The molecule has 1 fully saturated rings. The largest absolute Gasteiger partial charge is 0.457 e. The van der Waals surface area contributed by atoms with Crippen molar-refractivity contribution < 1.29 is 14.0 Å². The van der Waals surface area contributed by atoms with Crippen LogP contribution in [0.5, 0.6) is 0 Å². The van der Waals surface area contributed by atoms with Gasteiger partial charge in [-0.05, 0) is 70.8 Å². The molecule has 0 saturated carbocycles. The number of hydrogen-bond donors (Lipinski definition) is 0. The molecule has 142 valence electrons. The molecule has 1 atom stereocenters. The Morgan fingerprint density at radius 1 is 1.23 bits per heavy atom. The third-order valence-corrected chi connectivity index (χ3v) is 7.54. The number of carbonyl (C=O) groups excluding carboxylic acids is 1. The summed E-state index contributed by atoms with van der Waals surface area (Å²) in [6.45, 7) is 12.2. The molecule has 1 aliphatic heterocycles. The van der Waals surface area contributed by atoms with Crippen LogP contribution in [-0.2, 0) is 20.4 Å². The highest BCUT2D eigenvalue weighted by Gasteiger charge is 2.39. The minimum Gasteiger partial charge on any atom is -0.457 e. The predicted octanol–water partition coefficient (Wildman–Crippen LogP) is 5.37. The third kappa shape index (κ3) is 6.26. The normalized spacial score (nSPS) is 21.8. The van der Waals surface area contributed by atoms with Gasteiger partial charge in [-0.2, -0.15) is 0 Å². The van der Waals surface area contributed by atoms with Crippen molar-refractivity contribution >= 4 is 14.3 Å². The Hall–Kier alpha value is -1.65. The number of hydrogen-bond acceptors (Lipinski definition) is 3. The standard InChI is InChI=1S/C22H32O3Si/c1-17(12-15-21(23)24-22(2,3)4)20-16-19(25-26(20,5)6)14-13-18-10-8-7-9-11-18/h7-12,15,19H,13-14,16H2,1-6H3/b15-12+,20-17+. The zero-order chi connectivity index (χ0) is 19.4. The Kier molecular flexibility index (Phi) is 6.64.